The van der Waals surface area contributed by atoms with Crippen molar-refractivity contribution in [3.8, 4) is 5.75 Å². The highest BCUT2D eigenvalue weighted by Crippen LogP contribution is 2.54. The van der Waals surface area contributed by atoms with E-state index in [1.807, 2.05) is 6.07 Å². The number of fused-ring (bicyclic) bond motifs is 3. The Morgan fingerprint density at radius 1 is 1.41 bits per heavy atom. The minimum absolute atomic E-state index is 0.0706. The molecule has 2 heterocycles. The number of hydrogen-bond donors (Lipinski definition) is 1. The van der Waals surface area contributed by atoms with Crippen molar-refractivity contribution in [3.63, 3.8) is 0 Å². The van der Waals surface area contributed by atoms with Gasteiger partial charge in [-0.1, -0.05) is 18.5 Å². The van der Waals surface area contributed by atoms with Crippen LogP contribution >= 0.6 is 11.6 Å². The third-order valence-corrected chi connectivity index (χ3v) is 4.64. The largest absolute Gasteiger partial charge is 0.508 e. The van der Waals surface area contributed by atoms with E-state index >= 15 is 0 Å². The van der Waals surface area contributed by atoms with Crippen molar-refractivity contribution in [1.82, 2.24) is 4.90 Å². The predicted octanol–water partition coefficient (Wildman–Crippen LogP) is 2.41. The van der Waals surface area contributed by atoms with Crippen molar-refractivity contribution >= 4 is 17.3 Å². The van der Waals surface area contributed by atoms with Crippen molar-refractivity contribution in [2.24, 2.45) is 0 Å². The van der Waals surface area contributed by atoms with E-state index in [-0.39, 0.29) is 11.2 Å². The van der Waals surface area contributed by atoms with Crippen LogP contribution in [0.25, 0.3) is 0 Å². The lowest BCUT2D eigenvalue weighted by Crippen LogP contribution is -2.45. The molecule has 2 atom stereocenters. The van der Waals surface area contributed by atoms with E-state index in [4.69, 9.17) is 11.6 Å². The van der Waals surface area contributed by atoms with E-state index in [2.05, 4.69) is 30.8 Å². The summed E-state index contributed by atoms with van der Waals surface area (Å²) in [5.74, 6) is 0.263. The first kappa shape index (κ1) is 11.2. The fraction of sp³-hybridized carbons (Fsp3) is 0.538. The Morgan fingerprint density at radius 3 is 2.82 bits per heavy atom. The van der Waals surface area contributed by atoms with Crippen LogP contribution in [0.15, 0.2) is 12.1 Å². The van der Waals surface area contributed by atoms with E-state index in [1.54, 1.807) is 6.07 Å². The molecular weight excluding hydrogens is 236 g/mol. The van der Waals surface area contributed by atoms with Gasteiger partial charge in [-0.2, -0.15) is 0 Å². The van der Waals surface area contributed by atoms with E-state index < -0.39 is 0 Å². The van der Waals surface area contributed by atoms with E-state index in [9.17, 15) is 5.11 Å². The minimum Gasteiger partial charge on any atom is -0.508 e. The lowest BCUT2D eigenvalue weighted by atomic mass is 9.81. The number of phenolic OH excluding ortho intramolecular Hbond substituents is 1. The number of hydrogen-bond acceptors (Lipinski definition) is 3. The molecule has 1 aromatic carbocycles. The molecule has 92 valence electrons. The fourth-order valence-electron chi connectivity index (χ4n) is 3.64. The van der Waals surface area contributed by atoms with Crippen molar-refractivity contribution < 1.29 is 5.11 Å². The van der Waals surface area contributed by atoms with Crippen LogP contribution in [-0.4, -0.2) is 36.8 Å². The predicted molar refractivity (Wildman–Crippen MR) is 69.9 cm³/mol. The molecule has 0 radical (unpaired) electrons. The van der Waals surface area contributed by atoms with Crippen LogP contribution in [0, 0.1) is 0 Å². The summed E-state index contributed by atoms with van der Waals surface area (Å²) in [5, 5.41) is 10.4. The molecule has 2 aliphatic heterocycles. The molecule has 1 fully saturated rings. The molecule has 17 heavy (non-hydrogen) atoms. The first-order valence-electron chi connectivity index (χ1n) is 5.91. The van der Waals surface area contributed by atoms with Crippen molar-refractivity contribution in [2.45, 2.75) is 24.9 Å². The Bertz CT molecular complexity index is 491. The Kier molecular flexibility index (Phi) is 2.17. The average Bonchev–Trinajstić information content (AvgIpc) is 2.64. The molecule has 0 spiro atoms. The van der Waals surface area contributed by atoms with Gasteiger partial charge in [0, 0.05) is 25.1 Å². The number of benzene rings is 1. The number of phenols is 1. The monoisotopic (exact) mass is 252 g/mol. The molecule has 3 nitrogen and oxygen atoms in total. The van der Waals surface area contributed by atoms with Gasteiger partial charge in [0.15, 0.2) is 0 Å². The van der Waals surface area contributed by atoms with Gasteiger partial charge in [-0.3, -0.25) is 4.90 Å². The van der Waals surface area contributed by atoms with Crippen LogP contribution in [-0.2, 0) is 5.41 Å². The molecule has 0 saturated carbocycles. The van der Waals surface area contributed by atoms with Gasteiger partial charge in [0.1, 0.15) is 5.75 Å². The molecule has 0 aliphatic carbocycles. The summed E-state index contributed by atoms with van der Waals surface area (Å²) >= 11 is 6.27. The Labute approximate surface area is 107 Å². The van der Waals surface area contributed by atoms with Crippen molar-refractivity contribution in [3.05, 3.63) is 22.7 Å². The van der Waals surface area contributed by atoms with E-state index in [1.165, 1.54) is 5.56 Å². The number of likely N-dealkylation sites (N-methyl/N-ethyl adjacent to an activating group) is 2. The van der Waals surface area contributed by atoms with Gasteiger partial charge >= 0.3 is 0 Å². The molecule has 0 unspecified atom stereocenters. The number of rotatable bonds is 0. The first-order valence-corrected chi connectivity index (χ1v) is 6.29. The van der Waals surface area contributed by atoms with Gasteiger partial charge in [0.2, 0.25) is 0 Å². The summed E-state index contributed by atoms with van der Waals surface area (Å²) < 4.78 is 0. The summed E-state index contributed by atoms with van der Waals surface area (Å²) in [6, 6.07) is 3.50. The molecule has 4 heteroatoms. The minimum atomic E-state index is 0.0706. The van der Waals surface area contributed by atoms with Gasteiger partial charge < -0.3 is 10.0 Å². The topological polar surface area (TPSA) is 26.7 Å². The molecule has 1 aromatic rings. The second-order valence-corrected chi connectivity index (χ2v) is 5.86. The molecule has 1 N–H and O–H groups in total. The maximum Gasteiger partial charge on any atom is 0.117 e. The second-order valence-electron chi connectivity index (χ2n) is 5.46. The molecule has 1 saturated heterocycles. The standard InChI is InChI=1S/C13H17ClN2O/c1-13-4-5-15(2)12(13)16(3)11-9(13)6-8(17)7-10(11)14/h6-7,12,17H,4-5H2,1-3H3/t12-,13+/m1/s1. The third kappa shape index (κ3) is 1.27. The van der Waals surface area contributed by atoms with Crippen LogP contribution in [0.1, 0.15) is 18.9 Å². The molecule has 3 rings (SSSR count). The molecule has 0 aromatic heterocycles. The molecule has 2 aliphatic rings. The number of nitrogens with zero attached hydrogens (tertiary/aromatic N) is 2. The summed E-state index contributed by atoms with van der Waals surface area (Å²) in [7, 11) is 4.23. The van der Waals surface area contributed by atoms with Crippen LogP contribution in [0.4, 0.5) is 5.69 Å². The Balaban J connectivity index is 2.25. The Morgan fingerprint density at radius 2 is 2.12 bits per heavy atom. The zero-order valence-corrected chi connectivity index (χ0v) is 11.1. The van der Waals surface area contributed by atoms with Gasteiger partial charge in [-0.15, -0.1) is 0 Å². The Hall–Kier alpha value is -0.930. The number of halogens is 1. The maximum absolute atomic E-state index is 9.75. The fourth-order valence-corrected chi connectivity index (χ4v) is 3.99. The highest BCUT2D eigenvalue weighted by molar-refractivity contribution is 6.33. The molecule has 0 bridgehead atoms. The maximum atomic E-state index is 9.75. The SMILES string of the molecule is CN1CC[C@@]2(C)c3cc(O)cc(Cl)c3N(C)[C@@H]12. The smallest absolute Gasteiger partial charge is 0.117 e. The van der Waals surface area contributed by atoms with Crippen LogP contribution < -0.4 is 4.90 Å². The molecule has 0 amide bonds. The molecular formula is C13H17ClN2O. The number of likely N-dealkylation sites (tertiary alicyclic amines) is 1. The third-order valence-electron chi connectivity index (χ3n) is 4.35. The van der Waals surface area contributed by atoms with Crippen molar-refractivity contribution in [1.29, 1.82) is 0 Å². The van der Waals surface area contributed by atoms with Gasteiger partial charge in [0.25, 0.3) is 0 Å². The van der Waals surface area contributed by atoms with E-state index in [0.717, 1.165) is 18.7 Å². The highest BCUT2D eigenvalue weighted by Gasteiger charge is 2.52. The van der Waals surface area contributed by atoms with Crippen LogP contribution in [0.5, 0.6) is 5.75 Å². The summed E-state index contributed by atoms with van der Waals surface area (Å²) in [4.78, 5) is 4.59. The quantitative estimate of drug-likeness (QED) is 0.768. The first-order chi connectivity index (χ1) is 7.95. The normalized spacial score (nSPS) is 31.8. The van der Waals surface area contributed by atoms with Crippen molar-refractivity contribution in [2.75, 3.05) is 25.5 Å². The summed E-state index contributed by atoms with van der Waals surface area (Å²) in [6.07, 6.45) is 1.45. The average molecular weight is 253 g/mol. The summed E-state index contributed by atoms with van der Waals surface area (Å²) in [6.45, 7) is 3.34. The second kappa shape index (κ2) is 3.30. The van der Waals surface area contributed by atoms with E-state index in [0.29, 0.717) is 11.2 Å². The lowest BCUT2D eigenvalue weighted by Gasteiger charge is -2.32. The van der Waals surface area contributed by atoms with Crippen LogP contribution in [0.3, 0.4) is 0 Å². The van der Waals surface area contributed by atoms with Gasteiger partial charge in [-0.05, 0) is 25.1 Å². The summed E-state index contributed by atoms with van der Waals surface area (Å²) in [5.41, 5.74) is 2.32. The highest BCUT2D eigenvalue weighted by atomic mass is 35.5. The van der Waals surface area contributed by atoms with Crippen LogP contribution in [0.2, 0.25) is 5.02 Å². The van der Waals surface area contributed by atoms with Gasteiger partial charge in [0.05, 0.1) is 16.9 Å². The number of anilines is 1. The zero-order valence-electron chi connectivity index (χ0n) is 10.4. The van der Waals surface area contributed by atoms with Gasteiger partial charge in [-0.25, -0.2) is 0 Å². The lowest BCUT2D eigenvalue weighted by molar-refractivity contribution is 0.268. The zero-order chi connectivity index (χ0) is 12.4. The number of aromatic hydroxyl groups is 1.